The molecule has 3 amide bonds. The van der Waals surface area contributed by atoms with E-state index in [9.17, 15) is 14.4 Å². The van der Waals surface area contributed by atoms with Gasteiger partial charge < -0.3 is 20.1 Å². The molecule has 0 aliphatic carbocycles. The summed E-state index contributed by atoms with van der Waals surface area (Å²) in [6, 6.07) is 11.7. The number of benzene rings is 2. The van der Waals surface area contributed by atoms with Crippen LogP contribution in [0.1, 0.15) is 29.7 Å². The quantitative estimate of drug-likeness (QED) is 0.679. The van der Waals surface area contributed by atoms with Crippen LogP contribution in [0.5, 0.6) is 5.75 Å². The molecule has 0 saturated carbocycles. The number of para-hydroxylation sites is 1. The molecule has 2 aromatic carbocycles. The van der Waals surface area contributed by atoms with Gasteiger partial charge in [0.1, 0.15) is 18.9 Å². The van der Waals surface area contributed by atoms with E-state index in [0.717, 1.165) is 11.1 Å². The van der Waals surface area contributed by atoms with Crippen molar-refractivity contribution < 1.29 is 23.9 Å². The van der Waals surface area contributed by atoms with Crippen LogP contribution in [-0.4, -0.2) is 42.6 Å². The van der Waals surface area contributed by atoms with Gasteiger partial charge >= 0.3 is 12.0 Å². The Hall–Kier alpha value is -3.81. The molecule has 0 aromatic heterocycles. The largest absolute Gasteiger partial charge is 0.494 e. The summed E-state index contributed by atoms with van der Waals surface area (Å²) in [5, 5.41) is 5.69. The van der Waals surface area contributed by atoms with Crippen molar-refractivity contribution in [1.29, 1.82) is 0 Å². The van der Waals surface area contributed by atoms with E-state index < -0.39 is 18.0 Å². The predicted molar refractivity (Wildman–Crippen MR) is 118 cm³/mol. The average Bonchev–Trinajstić information content (AvgIpc) is 3.15. The van der Waals surface area contributed by atoms with Gasteiger partial charge in [0.25, 0.3) is 0 Å². The average molecular weight is 435 g/mol. The van der Waals surface area contributed by atoms with Crippen LogP contribution < -0.4 is 15.4 Å². The number of nitrogens with zero attached hydrogens (tertiary/aromatic N) is 1. The zero-order chi connectivity index (χ0) is 22.8. The Morgan fingerprint density at radius 2 is 1.97 bits per heavy atom. The van der Waals surface area contributed by atoms with Crippen LogP contribution in [0.25, 0.3) is 0 Å². The Kier molecular flexibility index (Phi) is 5.85. The SMILES string of the molecule is CCOc1ccccc1C1NC(=O)N(CC(=O)Nc2cccc(C)c2C)C2=C1C(=O)OC2. The van der Waals surface area contributed by atoms with Gasteiger partial charge in [-0.2, -0.15) is 0 Å². The molecule has 8 heteroatoms. The number of aryl methyl sites for hydroxylation is 1. The summed E-state index contributed by atoms with van der Waals surface area (Å²) in [5.41, 5.74) is 4.06. The van der Waals surface area contributed by atoms with E-state index in [0.29, 0.717) is 34.9 Å². The number of hydrogen-bond acceptors (Lipinski definition) is 5. The van der Waals surface area contributed by atoms with Crippen molar-refractivity contribution in [2.75, 3.05) is 25.1 Å². The van der Waals surface area contributed by atoms with Crippen LogP contribution in [0.3, 0.4) is 0 Å². The molecule has 2 N–H and O–H groups in total. The number of esters is 1. The van der Waals surface area contributed by atoms with Crippen LogP contribution in [0.15, 0.2) is 53.7 Å². The van der Waals surface area contributed by atoms with Gasteiger partial charge in [-0.15, -0.1) is 0 Å². The highest BCUT2D eigenvalue weighted by Crippen LogP contribution is 2.38. The Bertz CT molecular complexity index is 1120. The molecule has 8 nitrogen and oxygen atoms in total. The highest BCUT2D eigenvalue weighted by Gasteiger charge is 2.43. The molecule has 2 aliphatic rings. The number of hydrogen-bond donors (Lipinski definition) is 2. The molecule has 1 unspecified atom stereocenters. The van der Waals surface area contributed by atoms with E-state index in [2.05, 4.69) is 10.6 Å². The van der Waals surface area contributed by atoms with Crippen molar-refractivity contribution in [3.05, 3.63) is 70.4 Å². The monoisotopic (exact) mass is 435 g/mol. The number of rotatable bonds is 6. The van der Waals surface area contributed by atoms with Crippen molar-refractivity contribution in [3.63, 3.8) is 0 Å². The lowest BCUT2D eigenvalue weighted by molar-refractivity contribution is -0.136. The van der Waals surface area contributed by atoms with Crippen molar-refractivity contribution in [2.45, 2.75) is 26.8 Å². The van der Waals surface area contributed by atoms with E-state index in [1.54, 1.807) is 12.1 Å². The number of urea groups is 1. The number of carbonyl (C=O) groups is 3. The van der Waals surface area contributed by atoms with Crippen molar-refractivity contribution in [1.82, 2.24) is 10.2 Å². The first-order valence-electron chi connectivity index (χ1n) is 10.5. The maximum Gasteiger partial charge on any atom is 0.338 e. The summed E-state index contributed by atoms with van der Waals surface area (Å²) < 4.78 is 10.9. The number of cyclic esters (lactones) is 1. The van der Waals surface area contributed by atoms with E-state index in [1.807, 2.05) is 51.1 Å². The minimum Gasteiger partial charge on any atom is -0.494 e. The molecule has 166 valence electrons. The molecule has 0 fully saturated rings. The lowest BCUT2D eigenvalue weighted by atomic mass is 9.95. The van der Waals surface area contributed by atoms with Crippen molar-refractivity contribution in [2.24, 2.45) is 0 Å². The Balaban J connectivity index is 1.62. The lowest BCUT2D eigenvalue weighted by Crippen LogP contribution is -2.49. The van der Waals surface area contributed by atoms with E-state index in [4.69, 9.17) is 9.47 Å². The summed E-state index contributed by atoms with van der Waals surface area (Å²) in [5.74, 6) is -0.308. The molecule has 2 heterocycles. The van der Waals surface area contributed by atoms with Gasteiger partial charge in [-0.3, -0.25) is 9.69 Å². The Morgan fingerprint density at radius 1 is 1.19 bits per heavy atom. The summed E-state index contributed by atoms with van der Waals surface area (Å²) in [4.78, 5) is 39.6. The number of ether oxygens (including phenoxy) is 2. The first kappa shape index (κ1) is 21.4. The summed E-state index contributed by atoms with van der Waals surface area (Å²) in [6.45, 7) is 5.88. The zero-order valence-electron chi connectivity index (χ0n) is 18.2. The molecule has 0 saturated heterocycles. The molecule has 0 radical (unpaired) electrons. The number of anilines is 1. The molecule has 32 heavy (non-hydrogen) atoms. The Labute approximate surface area is 186 Å². The molecule has 0 bridgehead atoms. The highest BCUT2D eigenvalue weighted by molar-refractivity contribution is 6.00. The van der Waals surface area contributed by atoms with Crippen LogP contribution in [0, 0.1) is 13.8 Å². The lowest BCUT2D eigenvalue weighted by Gasteiger charge is -2.33. The van der Waals surface area contributed by atoms with Crippen LogP contribution in [-0.2, 0) is 14.3 Å². The van der Waals surface area contributed by atoms with Gasteiger partial charge in [0.05, 0.1) is 23.9 Å². The number of amides is 3. The summed E-state index contributed by atoms with van der Waals surface area (Å²) >= 11 is 0. The van der Waals surface area contributed by atoms with Gasteiger partial charge in [0, 0.05) is 11.3 Å². The fourth-order valence-electron chi connectivity index (χ4n) is 3.94. The molecular formula is C24H25N3O5. The molecular weight excluding hydrogens is 410 g/mol. The zero-order valence-corrected chi connectivity index (χ0v) is 18.2. The fraction of sp³-hybridized carbons (Fsp3) is 0.292. The topological polar surface area (TPSA) is 97.0 Å². The van der Waals surface area contributed by atoms with Crippen LogP contribution in [0.4, 0.5) is 10.5 Å². The maximum atomic E-state index is 13.0. The Morgan fingerprint density at radius 3 is 2.75 bits per heavy atom. The molecule has 4 rings (SSSR count). The van der Waals surface area contributed by atoms with Crippen molar-refractivity contribution in [3.8, 4) is 5.75 Å². The highest BCUT2D eigenvalue weighted by atomic mass is 16.5. The van der Waals surface area contributed by atoms with E-state index in [1.165, 1.54) is 4.90 Å². The maximum absolute atomic E-state index is 13.0. The first-order chi connectivity index (χ1) is 15.4. The second-order valence-corrected chi connectivity index (χ2v) is 7.67. The van der Waals surface area contributed by atoms with Gasteiger partial charge in [-0.25, -0.2) is 9.59 Å². The van der Waals surface area contributed by atoms with Crippen molar-refractivity contribution >= 4 is 23.6 Å². The van der Waals surface area contributed by atoms with Gasteiger partial charge in [0.2, 0.25) is 5.91 Å². The standard InChI is InChI=1S/C24H25N3O5/c1-4-31-19-11-6-5-9-16(19)22-21-18(13-32-23(21)29)27(24(30)26-22)12-20(28)25-17-10-7-8-14(2)15(17)3/h5-11,22H,4,12-13H2,1-3H3,(H,25,28)(H,26,30). The fourth-order valence-corrected chi connectivity index (χ4v) is 3.94. The molecule has 1 atom stereocenters. The normalized spacial score (nSPS) is 17.6. The van der Waals surface area contributed by atoms with E-state index >= 15 is 0 Å². The number of carbonyl (C=O) groups excluding carboxylic acids is 3. The predicted octanol–water partition coefficient (Wildman–Crippen LogP) is 3.22. The number of nitrogens with one attached hydrogen (secondary N) is 2. The van der Waals surface area contributed by atoms with Gasteiger partial charge in [-0.1, -0.05) is 30.3 Å². The third-order valence-corrected chi connectivity index (χ3v) is 5.71. The smallest absolute Gasteiger partial charge is 0.338 e. The molecule has 2 aliphatic heterocycles. The van der Waals surface area contributed by atoms with E-state index in [-0.39, 0.29) is 19.1 Å². The van der Waals surface area contributed by atoms with Gasteiger partial charge in [0.15, 0.2) is 0 Å². The minimum atomic E-state index is -0.714. The second-order valence-electron chi connectivity index (χ2n) is 7.67. The summed E-state index contributed by atoms with van der Waals surface area (Å²) in [6.07, 6.45) is 0. The van der Waals surface area contributed by atoms with Crippen LogP contribution in [0.2, 0.25) is 0 Å². The van der Waals surface area contributed by atoms with Gasteiger partial charge in [-0.05, 0) is 44.0 Å². The second kappa shape index (κ2) is 8.74. The molecule has 2 aromatic rings. The van der Waals surface area contributed by atoms with Crippen LogP contribution >= 0.6 is 0 Å². The first-order valence-corrected chi connectivity index (χ1v) is 10.5. The third kappa shape index (κ3) is 3.91. The minimum absolute atomic E-state index is 0.0638. The summed E-state index contributed by atoms with van der Waals surface area (Å²) in [7, 11) is 0. The molecule has 0 spiro atoms. The third-order valence-electron chi connectivity index (χ3n) is 5.71.